The normalized spacial score (nSPS) is 13.4. The number of rotatable bonds is 15. The van der Waals surface area contributed by atoms with Crippen molar-refractivity contribution in [3.05, 3.63) is 0 Å². The molecule has 0 saturated heterocycles. The first-order valence-corrected chi connectivity index (χ1v) is 12.1. The molecule has 4 N–H and O–H groups in total. The van der Waals surface area contributed by atoms with Gasteiger partial charge in [-0.1, -0.05) is 55.4 Å². The van der Waals surface area contributed by atoms with Gasteiger partial charge in [0.05, 0.1) is 6.04 Å². The molecule has 0 radical (unpaired) electrons. The molecule has 0 heterocycles. The molecule has 0 fully saturated rings. The Hall–Kier alpha value is -2.16. The van der Waals surface area contributed by atoms with Gasteiger partial charge in [0, 0.05) is 62.4 Å². The SMILES string of the molecule is CC(CN(CCNC(=O)C(C)C)CC(CNC(=O)C(C)C)NC(=O)C(C)C)NC(=O)C(C)C. The maximum atomic E-state index is 12.4. The number of hydrogen-bond donors (Lipinski definition) is 4. The Bertz CT molecular complexity index is 634. The first-order chi connectivity index (χ1) is 15.2. The quantitative estimate of drug-likeness (QED) is 0.287. The summed E-state index contributed by atoms with van der Waals surface area (Å²) < 4.78 is 0. The summed E-state index contributed by atoms with van der Waals surface area (Å²) in [4.78, 5) is 50.6. The van der Waals surface area contributed by atoms with E-state index in [0.717, 1.165) is 0 Å². The summed E-state index contributed by atoms with van der Waals surface area (Å²) in [6.45, 7) is 18.9. The topological polar surface area (TPSA) is 120 Å². The number of nitrogens with one attached hydrogen (secondary N) is 4. The van der Waals surface area contributed by atoms with Crippen molar-refractivity contribution in [2.24, 2.45) is 23.7 Å². The largest absolute Gasteiger partial charge is 0.355 e. The fraction of sp³-hybridized carbons (Fsp3) is 0.833. The molecule has 0 aliphatic rings. The second-order valence-corrected chi connectivity index (χ2v) is 10.0. The summed E-state index contributed by atoms with van der Waals surface area (Å²) in [5.74, 6) is -0.770. The van der Waals surface area contributed by atoms with Crippen LogP contribution in [0, 0.1) is 23.7 Å². The highest BCUT2D eigenvalue weighted by molar-refractivity contribution is 5.79. The molecule has 2 unspecified atom stereocenters. The van der Waals surface area contributed by atoms with Crippen molar-refractivity contribution >= 4 is 23.6 Å². The van der Waals surface area contributed by atoms with Crippen LogP contribution in [0.15, 0.2) is 0 Å². The number of amides is 4. The zero-order valence-electron chi connectivity index (χ0n) is 22.1. The van der Waals surface area contributed by atoms with Crippen molar-refractivity contribution in [2.75, 3.05) is 32.7 Å². The fourth-order valence-corrected chi connectivity index (χ4v) is 2.91. The second kappa shape index (κ2) is 15.6. The molecule has 0 spiro atoms. The van der Waals surface area contributed by atoms with Crippen LogP contribution in [0.3, 0.4) is 0 Å². The number of hydrogen-bond acceptors (Lipinski definition) is 5. The van der Waals surface area contributed by atoms with Crippen LogP contribution in [0.4, 0.5) is 0 Å². The van der Waals surface area contributed by atoms with E-state index in [4.69, 9.17) is 0 Å². The van der Waals surface area contributed by atoms with Gasteiger partial charge < -0.3 is 21.3 Å². The summed E-state index contributed by atoms with van der Waals surface area (Å²) in [6, 6.07) is -0.427. The van der Waals surface area contributed by atoms with Gasteiger partial charge in [-0.3, -0.25) is 24.1 Å². The van der Waals surface area contributed by atoms with E-state index in [0.29, 0.717) is 32.7 Å². The highest BCUT2D eigenvalue weighted by atomic mass is 16.2. The first kappa shape index (κ1) is 30.8. The third-order valence-corrected chi connectivity index (χ3v) is 5.09. The van der Waals surface area contributed by atoms with Gasteiger partial charge in [0.25, 0.3) is 0 Å². The van der Waals surface area contributed by atoms with Crippen LogP contribution in [0.25, 0.3) is 0 Å². The molecule has 0 aliphatic carbocycles. The van der Waals surface area contributed by atoms with Crippen LogP contribution in [0.5, 0.6) is 0 Å². The summed E-state index contributed by atoms with van der Waals surface area (Å²) in [5.41, 5.74) is 0. The van der Waals surface area contributed by atoms with E-state index in [1.165, 1.54) is 0 Å². The molecule has 0 aromatic rings. The molecule has 192 valence electrons. The Labute approximate surface area is 200 Å². The van der Waals surface area contributed by atoms with Crippen LogP contribution in [-0.4, -0.2) is 73.3 Å². The zero-order valence-corrected chi connectivity index (χ0v) is 22.1. The molecule has 0 aromatic heterocycles. The van der Waals surface area contributed by atoms with Crippen molar-refractivity contribution in [3.63, 3.8) is 0 Å². The maximum absolute atomic E-state index is 12.4. The average Bonchev–Trinajstić information content (AvgIpc) is 2.70. The summed E-state index contributed by atoms with van der Waals surface area (Å²) in [7, 11) is 0. The summed E-state index contributed by atoms with van der Waals surface area (Å²) in [5, 5.41) is 11.8. The molecule has 9 nitrogen and oxygen atoms in total. The molecular formula is C24H47N5O4. The number of nitrogens with zero attached hydrogens (tertiary/aromatic N) is 1. The third kappa shape index (κ3) is 13.9. The van der Waals surface area contributed by atoms with Gasteiger partial charge in [-0.25, -0.2) is 0 Å². The molecule has 2 atom stereocenters. The van der Waals surface area contributed by atoms with Crippen molar-refractivity contribution in [3.8, 4) is 0 Å². The van der Waals surface area contributed by atoms with Crippen LogP contribution in [0.1, 0.15) is 62.3 Å². The van der Waals surface area contributed by atoms with E-state index in [-0.39, 0.29) is 59.4 Å². The Morgan fingerprint density at radius 1 is 0.606 bits per heavy atom. The van der Waals surface area contributed by atoms with Crippen molar-refractivity contribution in [1.29, 1.82) is 0 Å². The van der Waals surface area contributed by atoms with Gasteiger partial charge in [-0.05, 0) is 6.92 Å². The van der Waals surface area contributed by atoms with Crippen molar-refractivity contribution in [1.82, 2.24) is 26.2 Å². The van der Waals surface area contributed by atoms with Gasteiger partial charge in [0.15, 0.2) is 0 Å². The van der Waals surface area contributed by atoms with Gasteiger partial charge >= 0.3 is 0 Å². The lowest BCUT2D eigenvalue weighted by atomic mass is 10.1. The van der Waals surface area contributed by atoms with Crippen LogP contribution < -0.4 is 21.3 Å². The lowest BCUT2D eigenvalue weighted by Gasteiger charge is -2.31. The van der Waals surface area contributed by atoms with Crippen LogP contribution in [0.2, 0.25) is 0 Å². The van der Waals surface area contributed by atoms with Crippen molar-refractivity contribution < 1.29 is 19.2 Å². The third-order valence-electron chi connectivity index (χ3n) is 5.09. The molecule has 9 heteroatoms. The summed E-state index contributed by atoms with van der Waals surface area (Å²) in [6.07, 6.45) is 0. The van der Waals surface area contributed by atoms with Crippen molar-refractivity contribution in [2.45, 2.75) is 74.4 Å². The minimum atomic E-state index is -0.309. The highest BCUT2D eigenvalue weighted by Gasteiger charge is 2.22. The second-order valence-electron chi connectivity index (χ2n) is 10.0. The minimum Gasteiger partial charge on any atom is -0.355 e. The highest BCUT2D eigenvalue weighted by Crippen LogP contribution is 2.02. The predicted octanol–water partition coefficient (Wildman–Crippen LogP) is 1.13. The maximum Gasteiger partial charge on any atom is 0.222 e. The van der Waals surface area contributed by atoms with Gasteiger partial charge in [0.2, 0.25) is 23.6 Å². The predicted molar refractivity (Wildman–Crippen MR) is 131 cm³/mol. The molecule has 33 heavy (non-hydrogen) atoms. The van der Waals surface area contributed by atoms with E-state index in [2.05, 4.69) is 26.2 Å². The molecule has 0 saturated carbocycles. The van der Waals surface area contributed by atoms with E-state index < -0.39 is 0 Å². The van der Waals surface area contributed by atoms with E-state index in [1.807, 2.05) is 62.3 Å². The monoisotopic (exact) mass is 469 g/mol. The molecule has 0 aliphatic heterocycles. The van der Waals surface area contributed by atoms with Gasteiger partial charge in [-0.2, -0.15) is 0 Å². The standard InChI is InChI=1S/C24H47N5O4/c1-15(2)21(30)25-10-11-29(13-19(9)27-23(32)17(5)6)14-20(28-24(33)18(7)8)12-26-22(31)16(3)4/h15-20H,10-14H2,1-9H3,(H,25,30)(H,26,31)(H,27,32)(H,28,33). The molecule has 4 amide bonds. The van der Waals surface area contributed by atoms with Gasteiger partial charge in [-0.15, -0.1) is 0 Å². The Balaban J connectivity index is 5.35. The number of carbonyl (C=O) groups excluding carboxylic acids is 4. The zero-order chi connectivity index (χ0) is 25.7. The fourth-order valence-electron chi connectivity index (χ4n) is 2.91. The smallest absolute Gasteiger partial charge is 0.222 e. The molecule has 0 aromatic carbocycles. The average molecular weight is 470 g/mol. The summed E-state index contributed by atoms with van der Waals surface area (Å²) >= 11 is 0. The molecule has 0 bridgehead atoms. The van der Waals surface area contributed by atoms with Crippen LogP contribution >= 0.6 is 0 Å². The number of carbonyl (C=O) groups is 4. The van der Waals surface area contributed by atoms with Crippen LogP contribution in [-0.2, 0) is 19.2 Å². The Morgan fingerprint density at radius 3 is 1.55 bits per heavy atom. The molecular weight excluding hydrogens is 422 g/mol. The lowest BCUT2D eigenvalue weighted by Crippen LogP contribution is -2.54. The lowest BCUT2D eigenvalue weighted by molar-refractivity contribution is -0.126. The Morgan fingerprint density at radius 2 is 1.06 bits per heavy atom. The minimum absolute atomic E-state index is 0.0232. The van der Waals surface area contributed by atoms with E-state index in [9.17, 15) is 19.2 Å². The molecule has 0 rings (SSSR count). The Kier molecular flexibility index (Phi) is 14.6. The first-order valence-electron chi connectivity index (χ1n) is 12.1. The van der Waals surface area contributed by atoms with Gasteiger partial charge in [0.1, 0.15) is 0 Å². The van der Waals surface area contributed by atoms with E-state index >= 15 is 0 Å². The van der Waals surface area contributed by atoms with E-state index in [1.54, 1.807) is 0 Å².